The van der Waals surface area contributed by atoms with E-state index in [1.807, 2.05) is 20.8 Å². The zero-order valence-corrected chi connectivity index (χ0v) is 7.14. The van der Waals surface area contributed by atoms with Crippen molar-refractivity contribution in [2.24, 2.45) is 0 Å². The summed E-state index contributed by atoms with van der Waals surface area (Å²) in [5, 5.41) is 0. The molecule has 0 unspecified atom stereocenters. The molecule has 0 saturated carbocycles. The lowest BCUT2D eigenvalue weighted by molar-refractivity contribution is -0.0314. The molecule has 2 heteroatoms. The van der Waals surface area contributed by atoms with E-state index >= 15 is 0 Å². The maximum atomic E-state index is 5.38. The van der Waals surface area contributed by atoms with Gasteiger partial charge >= 0.3 is 0 Å². The van der Waals surface area contributed by atoms with E-state index in [9.17, 15) is 0 Å². The molecule has 0 heterocycles. The van der Waals surface area contributed by atoms with Gasteiger partial charge in [0.1, 0.15) is 0 Å². The molecule has 0 N–H and O–H groups in total. The summed E-state index contributed by atoms with van der Waals surface area (Å²) < 4.78 is 10.4. The summed E-state index contributed by atoms with van der Waals surface area (Å²) >= 11 is 0. The Bertz CT molecular complexity index is 73.8. The Morgan fingerprint density at radius 3 is 2.20 bits per heavy atom. The van der Waals surface area contributed by atoms with Gasteiger partial charge in [0.25, 0.3) is 0 Å². The summed E-state index contributed by atoms with van der Waals surface area (Å²) in [7, 11) is 0. The first kappa shape index (κ1) is 9.92. The van der Waals surface area contributed by atoms with Crippen molar-refractivity contribution in [3.05, 3.63) is 6.92 Å². The van der Waals surface area contributed by atoms with Crippen molar-refractivity contribution in [3.63, 3.8) is 0 Å². The van der Waals surface area contributed by atoms with Crippen molar-refractivity contribution in [1.29, 1.82) is 0 Å². The number of hydrogen-bond acceptors (Lipinski definition) is 2. The van der Waals surface area contributed by atoms with E-state index in [4.69, 9.17) is 9.47 Å². The first-order valence-electron chi connectivity index (χ1n) is 3.57. The average Bonchev–Trinajstić information content (AvgIpc) is 1.78. The molecule has 0 aromatic heterocycles. The van der Waals surface area contributed by atoms with E-state index < -0.39 is 0 Å². The van der Waals surface area contributed by atoms with Crippen LogP contribution in [0.2, 0.25) is 0 Å². The van der Waals surface area contributed by atoms with Gasteiger partial charge in [-0.2, -0.15) is 0 Å². The molecule has 10 heavy (non-hydrogen) atoms. The average molecular weight is 145 g/mol. The monoisotopic (exact) mass is 145 g/mol. The SMILES string of the molecule is [CH2]COCCOC(C)(C)C. The number of ether oxygens (including phenoxy) is 2. The summed E-state index contributed by atoms with van der Waals surface area (Å²) in [5.41, 5.74) is -0.0511. The summed E-state index contributed by atoms with van der Waals surface area (Å²) in [6.45, 7) is 11.4. The van der Waals surface area contributed by atoms with Crippen molar-refractivity contribution in [2.75, 3.05) is 19.8 Å². The van der Waals surface area contributed by atoms with Crippen molar-refractivity contribution < 1.29 is 9.47 Å². The van der Waals surface area contributed by atoms with Gasteiger partial charge in [0.05, 0.1) is 18.8 Å². The Balaban J connectivity index is 3.04. The van der Waals surface area contributed by atoms with E-state index in [2.05, 4.69) is 6.92 Å². The molecule has 61 valence electrons. The van der Waals surface area contributed by atoms with Crippen LogP contribution >= 0.6 is 0 Å². The molecular formula is C8H17O2. The molecule has 0 aromatic rings. The minimum Gasteiger partial charge on any atom is -0.379 e. The molecule has 0 spiro atoms. The van der Waals surface area contributed by atoms with Crippen LogP contribution in [0, 0.1) is 6.92 Å². The van der Waals surface area contributed by atoms with Crippen LogP contribution in [0.15, 0.2) is 0 Å². The highest BCUT2D eigenvalue weighted by Gasteiger charge is 2.08. The van der Waals surface area contributed by atoms with Crippen molar-refractivity contribution in [2.45, 2.75) is 26.4 Å². The lowest BCUT2D eigenvalue weighted by Gasteiger charge is -2.19. The van der Waals surface area contributed by atoms with Crippen LogP contribution in [-0.2, 0) is 9.47 Å². The molecule has 0 aliphatic carbocycles. The van der Waals surface area contributed by atoms with Gasteiger partial charge in [-0.05, 0) is 27.7 Å². The highest BCUT2D eigenvalue weighted by Crippen LogP contribution is 2.05. The standard InChI is InChI=1S/C8H17O2/c1-5-9-6-7-10-8(2,3)4/h1,5-7H2,2-4H3. The lowest BCUT2D eigenvalue weighted by Crippen LogP contribution is -2.21. The zero-order valence-electron chi connectivity index (χ0n) is 7.14. The summed E-state index contributed by atoms with van der Waals surface area (Å²) in [6, 6.07) is 0. The van der Waals surface area contributed by atoms with E-state index in [1.165, 1.54) is 0 Å². The minimum atomic E-state index is -0.0511. The summed E-state index contributed by atoms with van der Waals surface area (Å²) in [6.07, 6.45) is 0. The smallest absolute Gasteiger partial charge is 0.0707 e. The first-order chi connectivity index (χ1) is 4.56. The number of rotatable bonds is 4. The van der Waals surface area contributed by atoms with Gasteiger partial charge < -0.3 is 9.47 Å². The van der Waals surface area contributed by atoms with Gasteiger partial charge in [0, 0.05) is 6.61 Å². The van der Waals surface area contributed by atoms with Crippen LogP contribution in [0.25, 0.3) is 0 Å². The first-order valence-corrected chi connectivity index (χ1v) is 3.57. The topological polar surface area (TPSA) is 18.5 Å². The highest BCUT2D eigenvalue weighted by molar-refractivity contribution is 4.57. The normalized spacial score (nSPS) is 12.0. The van der Waals surface area contributed by atoms with Crippen LogP contribution in [0.3, 0.4) is 0 Å². The van der Waals surface area contributed by atoms with E-state index in [-0.39, 0.29) is 5.60 Å². The molecule has 1 radical (unpaired) electrons. The molecule has 0 aliphatic heterocycles. The van der Waals surface area contributed by atoms with Crippen molar-refractivity contribution in [3.8, 4) is 0 Å². The second-order valence-corrected chi connectivity index (χ2v) is 3.07. The predicted octanol–water partition coefficient (Wildman–Crippen LogP) is 1.65. The molecule has 0 aromatic carbocycles. The molecule has 0 atom stereocenters. The van der Waals surface area contributed by atoms with Crippen molar-refractivity contribution in [1.82, 2.24) is 0 Å². The lowest BCUT2D eigenvalue weighted by atomic mass is 10.2. The Kier molecular flexibility index (Phi) is 4.65. The number of hydrogen-bond donors (Lipinski definition) is 0. The van der Waals surface area contributed by atoms with Gasteiger partial charge in [-0.3, -0.25) is 0 Å². The maximum absolute atomic E-state index is 5.38. The highest BCUT2D eigenvalue weighted by atomic mass is 16.5. The van der Waals surface area contributed by atoms with E-state index in [0.29, 0.717) is 19.8 Å². The van der Waals surface area contributed by atoms with E-state index in [1.54, 1.807) is 0 Å². The fourth-order valence-corrected chi connectivity index (χ4v) is 0.509. The summed E-state index contributed by atoms with van der Waals surface area (Å²) in [4.78, 5) is 0. The van der Waals surface area contributed by atoms with E-state index in [0.717, 1.165) is 0 Å². The molecule has 0 bridgehead atoms. The van der Waals surface area contributed by atoms with Crippen LogP contribution in [-0.4, -0.2) is 25.4 Å². The molecule has 0 amide bonds. The second kappa shape index (κ2) is 4.69. The second-order valence-electron chi connectivity index (χ2n) is 3.07. The molecule has 0 fully saturated rings. The van der Waals surface area contributed by atoms with Gasteiger partial charge in [-0.25, -0.2) is 0 Å². The molecule has 2 nitrogen and oxygen atoms in total. The molecular weight excluding hydrogens is 128 g/mol. The van der Waals surface area contributed by atoms with Gasteiger partial charge in [0.2, 0.25) is 0 Å². The van der Waals surface area contributed by atoms with Crippen LogP contribution in [0.5, 0.6) is 0 Å². The summed E-state index contributed by atoms with van der Waals surface area (Å²) in [5.74, 6) is 0. The third-order valence-corrected chi connectivity index (χ3v) is 0.907. The largest absolute Gasteiger partial charge is 0.379 e. The third kappa shape index (κ3) is 7.92. The van der Waals surface area contributed by atoms with Crippen LogP contribution < -0.4 is 0 Å². The Morgan fingerprint density at radius 2 is 1.80 bits per heavy atom. The van der Waals surface area contributed by atoms with Gasteiger partial charge in [-0.15, -0.1) is 0 Å². The third-order valence-electron chi connectivity index (χ3n) is 0.907. The predicted molar refractivity (Wildman–Crippen MR) is 41.9 cm³/mol. The Morgan fingerprint density at radius 1 is 1.20 bits per heavy atom. The zero-order chi connectivity index (χ0) is 8.04. The van der Waals surface area contributed by atoms with Crippen molar-refractivity contribution >= 4 is 0 Å². The Hall–Kier alpha value is -0.0800. The molecule has 0 aliphatic rings. The fourth-order valence-electron chi connectivity index (χ4n) is 0.509. The van der Waals surface area contributed by atoms with Crippen LogP contribution in [0.4, 0.5) is 0 Å². The maximum Gasteiger partial charge on any atom is 0.0707 e. The quantitative estimate of drug-likeness (QED) is 0.560. The molecule has 0 saturated heterocycles. The van der Waals surface area contributed by atoms with Gasteiger partial charge in [-0.1, -0.05) is 0 Å². The van der Waals surface area contributed by atoms with Gasteiger partial charge in [0.15, 0.2) is 0 Å². The minimum absolute atomic E-state index is 0.0511. The molecule has 0 rings (SSSR count). The Labute approximate surface area is 63.5 Å². The fraction of sp³-hybridized carbons (Fsp3) is 0.875. The van der Waals surface area contributed by atoms with Crippen LogP contribution in [0.1, 0.15) is 20.8 Å².